The Bertz CT molecular complexity index is 654. The monoisotopic (exact) mass is 297 g/mol. The van der Waals surface area contributed by atoms with Gasteiger partial charge in [0.1, 0.15) is 0 Å². The van der Waals surface area contributed by atoms with Crippen molar-refractivity contribution in [2.45, 2.75) is 12.8 Å². The van der Waals surface area contributed by atoms with E-state index in [9.17, 15) is 4.79 Å². The van der Waals surface area contributed by atoms with Crippen LogP contribution in [0.15, 0.2) is 53.5 Å². The second-order valence-electron chi connectivity index (χ2n) is 4.76. The topological polar surface area (TPSA) is 73.7 Å². The summed E-state index contributed by atoms with van der Waals surface area (Å²) >= 11 is 0. The second kappa shape index (κ2) is 7.95. The van der Waals surface area contributed by atoms with Crippen molar-refractivity contribution < 1.29 is 10.0 Å². The average Bonchev–Trinajstić information content (AvgIpc) is 2.58. The van der Waals surface area contributed by atoms with Gasteiger partial charge in [-0.1, -0.05) is 30.3 Å². The summed E-state index contributed by atoms with van der Waals surface area (Å²) < 4.78 is 0. The number of hydrogen-bond donors (Lipinski definition) is 3. The van der Waals surface area contributed by atoms with E-state index in [1.54, 1.807) is 30.7 Å². The molecule has 0 atom stereocenters. The molecule has 114 valence electrons. The Labute approximate surface area is 129 Å². The summed E-state index contributed by atoms with van der Waals surface area (Å²) in [6.45, 7) is 0. The number of amides is 1. The van der Waals surface area contributed by atoms with Gasteiger partial charge >= 0.3 is 0 Å². The number of benzene rings is 2. The second-order valence-corrected chi connectivity index (χ2v) is 4.76. The van der Waals surface area contributed by atoms with Gasteiger partial charge in [-0.25, -0.2) is 5.48 Å². The van der Waals surface area contributed by atoms with Crippen molar-refractivity contribution >= 4 is 23.5 Å². The first-order valence-corrected chi connectivity index (χ1v) is 7.07. The van der Waals surface area contributed by atoms with E-state index in [1.165, 1.54) is 5.56 Å². The van der Waals surface area contributed by atoms with Gasteiger partial charge in [0, 0.05) is 18.8 Å². The van der Waals surface area contributed by atoms with Crippen molar-refractivity contribution in [2.24, 2.45) is 4.99 Å². The lowest BCUT2D eigenvalue weighted by Gasteiger charge is -2.07. The average molecular weight is 297 g/mol. The summed E-state index contributed by atoms with van der Waals surface area (Å²) in [6, 6.07) is 15.2. The van der Waals surface area contributed by atoms with E-state index in [2.05, 4.69) is 22.4 Å². The number of carbonyl (C=O) groups excluding carboxylic acids is 1. The molecule has 0 aliphatic rings. The van der Waals surface area contributed by atoms with Crippen LogP contribution in [0.5, 0.6) is 0 Å². The van der Waals surface area contributed by atoms with Crippen molar-refractivity contribution in [3.05, 3.63) is 59.7 Å². The van der Waals surface area contributed by atoms with Gasteiger partial charge in [-0.2, -0.15) is 0 Å². The molecule has 0 saturated carbocycles. The molecule has 2 aromatic carbocycles. The van der Waals surface area contributed by atoms with Gasteiger partial charge in [0.05, 0.1) is 11.4 Å². The molecular weight excluding hydrogens is 278 g/mol. The smallest absolute Gasteiger partial charge is 0.274 e. The summed E-state index contributed by atoms with van der Waals surface area (Å²) in [6.07, 6.45) is 3.56. The van der Waals surface area contributed by atoms with Crippen LogP contribution < -0.4 is 10.8 Å². The normalized spacial score (nSPS) is 10.6. The van der Waals surface area contributed by atoms with Crippen molar-refractivity contribution in [1.82, 2.24) is 5.48 Å². The minimum Gasteiger partial charge on any atom is -0.386 e. The third-order valence-electron chi connectivity index (χ3n) is 3.27. The van der Waals surface area contributed by atoms with Gasteiger partial charge in [0.2, 0.25) is 0 Å². The highest BCUT2D eigenvalue weighted by atomic mass is 16.5. The maximum Gasteiger partial charge on any atom is 0.274 e. The zero-order chi connectivity index (χ0) is 15.8. The summed E-state index contributed by atoms with van der Waals surface area (Å²) in [5.74, 6) is -0.552. The van der Waals surface area contributed by atoms with Crippen LogP contribution in [-0.4, -0.2) is 24.4 Å². The molecule has 0 aliphatic heterocycles. The van der Waals surface area contributed by atoms with E-state index < -0.39 is 5.91 Å². The molecule has 0 aliphatic carbocycles. The molecule has 0 saturated heterocycles. The number of hydrogen-bond acceptors (Lipinski definition) is 4. The Balaban J connectivity index is 2.06. The van der Waals surface area contributed by atoms with Gasteiger partial charge in [-0.3, -0.25) is 15.0 Å². The fraction of sp³-hybridized carbons (Fsp3) is 0.176. The lowest BCUT2D eigenvalue weighted by Crippen LogP contribution is -2.18. The predicted octanol–water partition coefficient (Wildman–Crippen LogP) is 3.18. The SMILES string of the molecule is CNc1ccc(C(=O)NO)cc1/N=C/CCc1ccccc1. The molecule has 0 fully saturated rings. The van der Waals surface area contributed by atoms with Crippen molar-refractivity contribution in [3.8, 4) is 0 Å². The Kier molecular flexibility index (Phi) is 5.68. The molecule has 0 spiro atoms. The highest BCUT2D eigenvalue weighted by Gasteiger charge is 2.07. The van der Waals surface area contributed by atoms with Crippen LogP contribution in [0, 0.1) is 0 Å². The number of aryl methyl sites for hydroxylation is 1. The Morgan fingerprint density at radius 2 is 2.00 bits per heavy atom. The van der Waals surface area contributed by atoms with E-state index >= 15 is 0 Å². The van der Waals surface area contributed by atoms with Crippen LogP contribution in [0.2, 0.25) is 0 Å². The van der Waals surface area contributed by atoms with E-state index in [4.69, 9.17) is 5.21 Å². The minimum absolute atomic E-state index is 0.358. The molecule has 0 bridgehead atoms. The zero-order valence-corrected chi connectivity index (χ0v) is 12.4. The largest absolute Gasteiger partial charge is 0.386 e. The molecule has 22 heavy (non-hydrogen) atoms. The van der Waals surface area contributed by atoms with Crippen molar-refractivity contribution in [2.75, 3.05) is 12.4 Å². The van der Waals surface area contributed by atoms with Gasteiger partial charge in [-0.15, -0.1) is 0 Å². The predicted molar refractivity (Wildman–Crippen MR) is 88.2 cm³/mol. The van der Waals surface area contributed by atoms with E-state index in [0.29, 0.717) is 11.3 Å². The standard InChI is InChI=1S/C17H19N3O2/c1-18-15-10-9-14(17(21)20-22)12-16(15)19-11-5-8-13-6-3-2-4-7-13/h2-4,6-7,9-12,18,22H,5,8H2,1H3,(H,20,21)/b19-11+. The van der Waals surface area contributed by atoms with Gasteiger partial charge in [0.25, 0.3) is 5.91 Å². The van der Waals surface area contributed by atoms with Crippen LogP contribution in [0.3, 0.4) is 0 Å². The molecule has 0 aromatic heterocycles. The maximum atomic E-state index is 11.4. The van der Waals surface area contributed by atoms with Crippen LogP contribution >= 0.6 is 0 Å². The summed E-state index contributed by atoms with van der Waals surface area (Å²) in [4.78, 5) is 15.9. The molecule has 5 heteroatoms. The summed E-state index contributed by atoms with van der Waals surface area (Å²) in [7, 11) is 1.80. The number of anilines is 1. The summed E-state index contributed by atoms with van der Waals surface area (Å²) in [5, 5.41) is 11.7. The van der Waals surface area contributed by atoms with E-state index in [0.717, 1.165) is 18.5 Å². The third-order valence-corrected chi connectivity index (χ3v) is 3.27. The minimum atomic E-state index is -0.552. The number of aliphatic imine (C=N–C) groups is 1. The summed E-state index contributed by atoms with van der Waals surface area (Å²) in [5.41, 5.74) is 4.73. The molecule has 1 amide bonds. The molecular formula is C17H19N3O2. The van der Waals surface area contributed by atoms with E-state index in [-0.39, 0.29) is 0 Å². The molecule has 0 heterocycles. The molecule has 0 radical (unpaired) electrons. The first kappa shape index (κ1) is 15.7. The van der Waals surface area contributed by atoms with Crippen LogP contribution in [0.1, 0.15) is 22.3 Å². The quantitative estimate of drug-likeness (QED) is 0.435. The van der Waals surface area contributed by atoms with Gasteiger partial charge in [0.15, 0.2) is 0 Å². The Morgan fingerprint density at radius 3 is 2.68 bits per heavy atom. The van der Waals surface area contributed by atoms with E-state index in [1.807, 2.05) is 24.4 Å². The molecule has 2 rings (SSSR count). The Hall–Kier alpha value is -2.66. The fourth-order valence-corrected chi connectivity index (χ4v) is 2.09. The van der Waals surface area contributed by atoms with Gasteiger partial charge in [-0.05, 0) is 36.6 Å². The molecule has 2 aromatic rings. The van der Waals surface area contributed by atoms with Crippen LogP contribution in [-0.2, 0) is 6.42 Å². The number of hydroxylamine groups is 1. The van der Waals surface area contributed by atoms with Crippen molar-refractivity contribution in [1.29, 1.82) is 0 Å². The molecule has 5 nitrogen and oxygen atoms in total. The third kappa shape index (κ3) is 4.17. The zero-order valence-electron chi connectivity index (χ0n) is 12.4. The molecule has 3 N–H and O–H groups in total. The number of nitrogens with zero attached hydrogens (tertiary/aromatic N) is 1. The number of nitrogens with one attached hydrogen (secondary N) is 2. The lowest BCUT2D eigenvalue weighted by molar-refractivity contribution is 0.0706. The Morgan fingerprint density at radius 1 is 1.23 bits per heavy atom. The van der Waals surface area contributed by atoms with Gasteiger partial charge < -0.3 is 5.32 Å². The first-order valence-electron chi connectivity index (χ1n) is 7.07. The van der Waals surface area contributed by atoms with Crippen LogP contribution in [0.4, 0.5) is 11.4 Å². The van der Waals surface area contributed by atoms with Crippen molar-refractivity contribution in [3.63, 3.8) is 0 Å². The highest BCUT2D eigenvalue weighted by Crippen LogP contribution is 2.25. The fourth-order valence-electron chi connectivity index (χ4n) is 2.09. The lowest BCUT2D eigenvalue weighted by atomic mass is 10.1. The van der Waals surface area contributed by atoms with Crippen LogP contribution in [0.25, 0.3) is 0 Å². The number of rotatable bonds is 6. The highest BCUT2D eigenvalue weighted by molar-refractivity contribution is 5.95. The number of carbonyl (C=O) groups is 1. The first-order chi connectivity index (χ1) is 10.7. The molecule has 0 unspecified atom stereocenters. The maximum absolute atomic E-state index is 11.4.